The van der Waals surface area contributed by atoms with Crippen LogP contribution in [0.1, 0.15) is 42.4 Å². The van der Waals surface area contributed by atoms with Gasteiger partial charge in [-0.2, -0.15) is 31.6 Å². The Kier molecular flexibility index (Phi) is 8.34. The molecule has 5 rings (SSSR count). The van der Waals surface area contributed by atoms with Crippen LogP contribution >= 0.6 is 0 Å². The summed E-state index contributed by atoms with van der Waals surface area (Å²) >= 11 is 0. The molecule has 2 aliphatic rings. The predicted octanol–water partition coefficient (Wildman–Crippen LogP) is 6.51. The number of nitriles is 1. The van der Waals surface area contributed by atoms with Gasteiger partial charge in [0.2, 0.25) is 0 Å². The number of hydrogen-bond acceptors (Lipinski definition) is 7. The molecule has 3 aromatic rings. The quantitative estimate of drug-likeness (QED) is 0.328. The number of anilines is 3. The maximum Gasteiger partial charge on any atom is 0.417 e. The molecule has 7 nitrogen and oxygen atoms in total. The van der Waals surface area contributed by atoms with Gasteiger partial charge in [-0.05, 0) is 56.0 Å². The Morgan fingerprint density at radius 1 is 0.833 bits per heavy atom. The summed E-state index contributed by atoms with van der Waals surface area (Å²) in [4.78, 5) is 12.4. The monoisotopic (exact) mass is 590 g/mol. The highest BCUT2D eigenvalue weighted by atomic mass is 19.4. The van der Waals surface area contributed by atoms with E-state index in [-0.39, 0.29) is 12.1 Å². The van der Waals surface area contributed by atoms with Crippen molar-refractivity contribution in [3.8, 4) is 11.8 Å². The molecule has 2 fully saturated rings. The number of nitrogens with zero attached hydrogens (tertiary/aromatic N) is 5. The second-order valence-electron chi connectivity index (χ2n) is 10.4. The molecule has 13 heteroatoms. The van der Waals surface area contributed by atoms with Crippen LogP contribution in [0.25, 0.3) is 0 Å². The summed E-state index contributed by atoms with van der Waals surface area (Å²) in [6.45, 7) is 2.44. The summed E-state index contributed by atoms with van der Waals surface area (Å²) in [5.41, 5.74) is -0.916. The topological polar surface area (TPSA) is 77.3 Å². The number of nitrogens with one attached hydrogen (secondary N) is 1. The molecule has 0 amide bonds. The van der Waals surface area contributed by atoms with Crippen LogP contribution in [0.4, 0.5) is 43.5 Å². The number of aromatic nitrogens is 2. The van der Waals surface area contributed by atoms with E-state index < -0.39 is 29.0 Å². The van der Waals surface area contributed by atoms with Crippen LogP contribution in [0, 0.1) is 11.3 Å². The predicted molar refractivity (Wildman–Crippen MR) is 144 cm³/mol. The van der Waals surface area contributed by atoms with Gasteiger partial charge in [0.15, 0.2) is 0 Å². The number of piperazine rings is 1. The first-order valence-electron chi connectivity index (χ1n) is 13.5. The van der Waals surface area contributed by atoms with E-state index in [2.05, 4.69) is 20.2 Å². The third-order valence-electron chi connectivity index (χ3n) is 7.54. The number of benzene rings is 1. The molecule has 1 aliphatic carbocycles. The second-order valence-corrected chi connectivity index (χ2v) is 10.4. The molecule has 1 aromatic carbocycles. The van der Waals surface area contributed by atoms with Gasteiger partial charge in [-0.15, -0.1) is 0 Å². The van der Waals surface area contributed by atoms with Crippen molar-refractivity contribution in [3.63, 3.8) is 0 Å². The molecule has 1 aliphatic heterocycles. The average molecular weight is 591 g/mol. The Balaban J connectivity index is 1.11. The van der Waals surface area contributed by atoms with E-state index in [4.69, 9.17) is 10.00 Å². The van der Waals surface area contributed by atoms with Crippen molar-refractivity contribution < 1.29 is 31.1 Å². The Hall–Kier alpha value is -4.21. The standard InChI is InChI=1S/C29H28F6N6O/c30-28(31,32)20-2-8-27(38-16-20)41-11-9-40(10-12-41)23-14-25(18-37-17-23)42-24-6-4-21(5-7-24)39-22-3-1-19(15-36)26(13-22)29(33,34)35/h1-3,8,13-14,16-18,21,24,39H,4-7,9-12H2. The van der Waals surface area contributed by atoms with Gasteiger partial charge >= 0.3 is 12.4 Å². The first kappa shape index (κ1) is 29.3. The van der Waals surface area contributed by atoms with Crippen molar-refractivity contribution in [2.45, 2.75) is 50.2 Å². The Morgan fingerprint density at radius 3 is 2.17 bits per heavy atom. The summed E-state index contributed by atoms with van der Waals surface area (Å²) in [6, 6.07) is 9.59. The zero-order valence-electron chi connectivity index (χ0n) is 22.4. The first-order valence-corrected chi connectivity index (χ1v) is 13.5. The second kappa shape index (κ2) is 12.0. The van der Waals surface area contributed by atoms with Gasteiger partial charge in [0.1, 0.15) is 11.6 Å². The highest BCUT2D eigenvalue weighted by Gasteiger charge is 2.34. The largest absolute Gasteiger partial charge is 0.489 e. The molecular formula is C29H28F6N6O. The third kappa shape index (κ3) is 6.98. The molecule has 2 aromatic heterocycles. The minimum Gasteiger partial charge on any atom is -0.489 e. The van der Waals surface area contributed by atoms with Gasteiger partial charge in [-0.3, -0.25) is 4.98 Å². The highest BCUT2D eigenvalue weighted by molar-refractivity contribution is 5.54. The average Bonchev–Trinajstić information content (AvgIpc) is 2.97. The van der Waals surface area contributed by atoms with Gasteiger partial charge in [-0.25, -0.2) is 4.98 Å². The first-order chi connectivity index (χ1) is 20.0. The Bertz CT molecular complexity index is 1410. The van der Waals surface area contributed by atoms with Crippen LogP contribution < -0.4 is 19.9 Å². The van der Waals surface area contributed by atoms with Gasteiger partial charge in [-0.1, -0.05) is 0 Å². The summed E-state index contributed by atoms with van der Waals surface area (Å²) in [7, 11) is 0. The summed E-state index contributed by atoms with van der Waals surface area (Å²) in [6.07, 6.45) is -2.01. The zero-order chi connectivity index (χ0) is 29.9. The SMILES string of the molecule is N#Cc1ccc(NC2CCC(Oc3cncc(N4CCN(c5ccc(C(F)(F)F)cn5)CC4)c3)CC2)cc1C(F)(F)F. The lowest BCUT2D eigenvalue weighted by Crippen LogP contribution is -2.46. The van der Waals surface area contributed by atoms with Crippen molar-refractivity contribution in [1.29, 1.82) is 5.26 Å². The van der Waals surface area contributed by atoms with Crippen molar-refractivity contribution in [2.75, 3.05) is 41.3 Å². The Labute approximate surface area is 238 Å². The van der Waals surface area contributed by atoms with Crippen molar-refractivity contribution in [2.24, 2.45) is 0 Å². The fraction of sp³-hybridized carbons (Fsp3) is 0.414. The van der Waals surface area contributed by atoms with Crippen LogP contribution in [-0.4, -0.2) is 48.3 Å². The van der Waals surface area contributed by atoms with Crippen LogP contribution in [0.5, 0.6) is 5.75 Å². The van der Waals surface area contributed by atoms with Gasteiger partial charge in [0.25, 0.3) is 0 Å². The lowest BCUT2D eigenvalue weighted by molar-refractivity contribution is -0.138. The van der Waals surface area contributed by atoms with E-state index in [9.17, 15) is 26.3 Å². The molecule has 3 heterocycles. The van der Waals surface area contributed by atoms with Gasteiger partial charge < -0.3 is 19.9 Å². The van der Waals surface area contributed by atoms with Crippen molar-refractivity contribution in [1.82, 2.24) is 9.97 Å². The van der Waals surface area contributed by atoms with Crippen LogP contribution in [0.15, 0.2) is 55.0 Å². The van der Waals surface area contributed by atoms with E-state index >= 15 is 0 Å². The van der Waals surface area contributed by atoms with Crippen molar-refractivity contribution in [3.05, 3.63) is 71.7 Å². The smallest absolute Gasteiger partial charge is 0.417 e. The third-order valence-corrected chi connectivity index (χ3v) is 7.54. The van der Waals surface area contributed by atoms with Crippen molar-refractivity contribution >= 4 is 17.2 Å². The molecule has 0 radical (unpaired) electrons. The molecular weight excluding hydrogens is 562 g/mol. The van der Waals surface area contributed by atoms with E-state index in [1.165, 1.54) is 18.2 Å². The van der Waals surface area contributed by atoms with Gasteiger partial charge in [0.05, 0.1) is 46.9 Å². The van der Waals surface area contributed by atoms with Crippen LogP contribution in [-0.2, 0) is 12.4 Å². The Morgan fingerprint density at radius 2 is 1.55 bits per heavy atom. The number of hydrogen-bond donors (Lipinski definition) is 1. The van der Waals surface area contributed by atoms with E-state index in [1.807, 2.05) is 11.0 Å². The number of pyridine rings is 2. The summed E-state index contributed by atoms with van der Waals surface area (Å²) in [5.74, 6) is 1.13. The number of halogens is 6. The molecule has 1 saturated carbocycles. The highest BCUT2D eigenvalue weighted by Crippen LogP contribution is 2.35. The molecule has 0 atom stereocenters. The summed E-state index contributed by atoms with van der Waals surface area (Å²) in [5, 5.41) is 12.2. The van der Waals surface area contributed by atoms with E-state index in [0.717, 1.165) is 24.0 Å². The lowest BCUT2D eigenvalue weighted by atomic mass is 9.92. The molecule has 222 valence electrons. The molecule has 0 unspecified atom stereocenters. The lowest BCUT2D eigenvalue weighted by Gasteiger charge is -2.36. The molecule has 42 heavy (non-hydrogen) atoms. The molecule has 0 bridgehead atoms. The zero-order valence-corrected chi connectivity index (χ0v) is 22.4. The van der Waals surface area contributed by atoms with Crippen LogP contribution in [0.3, 0.4) is 0 Å². The minimum atomic E-state index is -4.60. The maximum atomic E-state index is 13.3. The van der Waals surface area contributed by atoms with E-state index in [0.29, 0.717) is 69.1 Å². The minimum absolute atomic E-state index is 0.0150. The number of ether oxygens (including phenoxy) is 1. The maximum absolute atomic E-state index is 13.3. The van der Waals surface area contributed by atoms with Crippen LogP contribution in [0.2, 0.25) is 0 Å². The number of alkyl halides is 6. The molecule has 1 N–H and O–H groups in total. The molecule has 0 spiro atoms. The fourth-order valence-electron chi connectivity index (χ4n) is 5.30. The van der Waals surface area contributed by atoms with Gasteiger partial charge in [0, 0.05) is 50.2 Å². The number of rotatable bonds is 6. The van der Waals surface area contributed by atoms with E-state index in [1.54, 1.807) is 18.5 Å². The summed E-state index contributed by atoms with van der Waals surface area (Å²) < 4.78 is 84.6. The molecule has 1 saturated heterocycles. The normalized spacial score (nSPS) is 19.7. The fourth-order valence-corrected chi connectivity index (χ4v) is 5.30.